The molecule has 0 bridgehead atoms. The van der Waals surface area contributed by atoms with Crippen LogP contribution in [0.3, 0.4) is 0 Å². The van der Waals surface area contributed by atoms with E-state index in [0.29, 0.717) is 6.04 Å². The van der Waals surface area contributed by atoms with Gasteiger partial charge in [0.1, 0.15) is 0 Å². The van der Waals surface area contributed by atoms with Crippen molar-refractivity contribution in [3.05, 3.63) is 0 Å². The van der Waals surface area contributed by atoms with Crippen molar-refractivity contribution < 1.29 is 17.2 Å². The molecule has 0 heterocycles. The molecule has 5 nitrogen and oxygen atoms in total. The van der Waals surface area contributed by atoms with Crippen LogP contribution in [0.25, 0.3) is 0 Å². The molecule has 0 aliphatic carbocycles. The molecule has 0 spiro atoms. The van der Waals surface area contributed by atoms with E-state index in [-0.39, 0.29) is 0 Å². The van der Waals surface area contributed by atoms with Crippen LogP contribution in [-0.2, 0) is 14.6 Å². The summed E-state index contributed by atoms with van der Waals surface area (Å²) in [6, 6.07) is 0.392. The minimum atomic E-state index is -4.16. The second-order valence-corrected chi connectivity index (χ2v) is 5.09. The fourth-order valence-corrected chi connectivity index (χ4v) is 0.848. The zero-order chi connectivity index (χ0) is 12.5. The zero-order valence-corrected chi connectivity index (χ0v) is 10.8. The minimum Gasteiger partial charge on any atom is -0.328 e. The van der Waals surface area contributed by atoms with Gasteiger partial charge in [-0.25, -0.2) is 0 Å². The molecule has 0 saturated carbocycles. The van der Waals surface area contributed by atoms with Crippen molar-refractivity contribution in [2.24, 2.45) is 11.7 Å². The lowest BCUT2D eigenvalue weighted by atomic mass is 10.0. The third-order valence-corrected chi connectivity index (χ3v) is 2.07. The molecule has 0 amide bonds. The quantitative estimate of drug-likeness (QED) is 0.713. The molecule has 1 atom stereocenters. The normalized spacial score (nSPS) is 13.3. The molecule has 15 heavy (non-hydrogen) atoms. The maximum absolute atomic E-state index is 9.33. The van der Waals surface area contributed by atoms with Gasteiger partial charge in [0.2, 0.25) is 0 Å². The van der Waals surface area contributed by atoms with Gasteiger partial charge in [-0.05, 0) is 19.3 Å². The van der Waals surface area contributed by atoms with Gasteiger partial charge in [0.25, 0.3) is 0 Å². The number of hydrogen-bond donors (Lipinski definition) is 2. The summed E-state index contributed by atoms with van der Waals surface area (Å²) in [4.78, 5) is 0. The van der Waals surface area contributed by atoms with Gasteiger partial charge in [-0.2, -0.15) is 8.42 Å². The third kappa shape index (κ3) is 24.8. The molecule has 6 heteroatoms. The molecule has 0 aromatic carbocycles. The van der Waals surface area contributed by atoms with E-state index in [0.717, 1.165) is 13.0 Å². The SMILES string of the molecule is CC(C)CCCC(C)N.COS(=O)(=O)O. The fraction of sp³-hybridized carbons (Fsp3) is 1.00. The summed E-state index contributed by atoms with van der Waals surface area (Å²) in [5.74, 6) is 0.837. The van der Waals surface area contributed by atoms with Crippen molar-refractivity contribution in [3.63, 3.8) is 0 Å². The summed E-state index contributed by atoms with van der Waals surface area (Å²) < 4.78 is 29.7. The Kier molecular flexibility index (Phi) is 10.4. The maximum atomic E-state index is 9.33. The molecule has 0 aromatic rings. The number of rotatable bonds is 5. The molecular weight excluding hydrogens is 218 g/mol. The van der Waals surface area contributed by atoms with Gasteiger partial charge in [0.05, 0.1) is 7.11 Å². The summed E-state index contributed by atoms with van der Waals surface area (Å²) in [5, 5.41) is 0. The average Bonchev–Trinajstić information content (AvgIpc) is 2.02. The first-order chi connectivity index (χ1) is 6.69. The first kappa shape index (κ1) is 17.2. The van der Waals surface area contributed by atoms with Gasteiger partial charge in [-0.1, -0.05) is 26.7 Å². The number of hydrogen-bond acceptors (Lipinski definition) is 4. The van der Waals surface area contributed by atoms with Gasteiger partial charge in [0, 0.05) is 6.04 Å². The molecule has 0 rings (SSSR count). The van der Waals surface area contributed by atoms with Gasteiger partial charge < -0.3 is 5.73 Å². The van der Waals surface area contributed by atoms with E-state index >= 15 is 0 Å². The summed E-state index contributed by atoms with van der Waals surface area (Å²) >= 11 is 0. The molecular formula is C9H23NO4S. The van der Waals surface area contributed by atoms with Crippen LogP contribution in [0.5, 0.6) is 0 Å². The van der Waals surface area contributed by atoms with Crippen molar-refractivity contribution in [3.8, 4) is 0 Å². The predicted molar refractivity (Wildman–Crippen MR) is 60.9 cm³/mol. The van der Waals surface area contributed by atoms with Crippen LogP contribution < -0.4 is 5.73 Å². The standard InChI is InChI=1S/C8H19N.CH4O4S/c1-7(2)5-4-6-8(3)9;1-5-6(2,3)4/h7-8H,4-6,9H2,1-3H3;1H3,(H,2,3,4). The summed E-state index contributed by atoms with van der Waals surface area (Å²) in [6.45, 7) is 6.57. The zero-order valence-electron chi connectivity index (χ0n) is 9.93. The summed E-state index contributed by atoms with van der Waals surface area (Å²) in [5.41, 5.74) is 5.58. The van der Waals surface area contributed by atoms with E-state index in [4.69, 9.17) is 10.3 Å². The van der Waals surface area contributed by atoms with E-state index < -0.39 is 10.4 Å². The van der Waals surface area contributed by atoms with Crippen LogP contribution in [0.4, 0.5) is 0 Å². The van der Waals surface area contributed by atoms with E-state index in [2.05, 4.69) is 25.0 Å². The Morgan fingerprint density at radius 2 is 1.67 bits per heavy atom. The van der Waals surface area contributed by atoms with Crippen molar-refractivity contribution in [2.45, 2.75) is 46.1 Å². The predicted octanol–water partition coefficient (Wildman–Crippen LogP) is 1.60. The van der Waals surface area contributed by atoms with Crippen molar-refractivity contribution in [1.29, 1.82) is 0 Å². The first-order valence-corrected chi connectivity index (χ1v) is 6.34. The third-order valence-electron chi connectivity index (χ3n) is 1.65. The molecule has 0 aliphatic rings. The topological polar surface area (TPSA) is 89.6 Å². The lowest BCUT2D eigenvalue weighted by Gasteiger charge is -2.05. The highest BCUT2D eigenvalue weighted by molar-refractivity contribution is 7.80. The van der Waals surface area contributed by atoms with Gasteiger partial charge >= 0.3 is 10.4 Å². The van der Waals surface area contributed by atoms with Crippen molar-refractivity contribution in [2.75, 3.05) is 7.11 Å². The van der Waals surface area contributed by atoms with Crippen LogP contribution in [0.1, 0.15) is 40.0 Å². The summed E-state index contributed by atoms with van der Waals surface area (Å²) in [7, 11) is -3.29. The first-order valence-electron chi connectivity index (χ1n) is 4.97. The molecule has 0 aromatic heterocycles. The van der Waals surface area contributed by atoms with E-state index in [1.165, 1.54) is 19.3 Å². The second-order valence-electron chi connectivity index (χ2n) is 3.90. The summed E-state index contributed by atoms with van der Waals surface area (Å²) in [6.07, 6.45) is 3.79. The van der Waals surface area contributed by atoms with Crippen molar-refractivity contribution in [1.82, 2.24) is 0 Å². The second kappa shape index (κ2) is 9.08. The fourth-order valence-electron chi connectivity index (χ4n) is 0.848. The van der Waals surface area contributed by atoms with Crippen LogP contribution in [0, 0.1) is 5.92 Å². The molecule has 94 valence electrons. The molecule has 0 fully saturated rings. The molecule has 3 N–H and O–H groups in total. The lowest BCUT2D eigenvalue weighted by Crippen LogP contribution is -2.14. The van der Waals surface area contributed by atoms with E-state index in [9.17, 15) is 8.42 Å². The van der Waals surface area contributed by atoms with Crippen LogP contribution in [0.2, 0.25) is 0 Å². The Hall–Kier alpha value is -0.170. The monoisotopic (exact) mass is 241 g/mol. The Bertz CT molecular complexity index is 216. The number of nitrogens with two attached hydrogens (primary N) is 1. The van der Waals surface area contributed by atoms with Crippen LogP contribution in [0.15, 0.2) is 0 Å². The molecule has 1 unspecified atom stereocenters. The Morgan fingerprint density at radius 1 is 1.27 bits per heavy atom. The highest BCUT2D eigenvalue weighted by Gasteiger charge is 1.96. The van der Waals surface area contributed by atoms with E-state index in [1.807, 2.05) is 0 Å². The molecule has 0 aliphatic heterocycles. The van der Waals surface area contributed by atoms with Gasteiger partial charge in [0.15, 0.2) is 0 Å². The molecule has 0 radical (unpaired) electrons. The van der Waals surface area contributed by atoms with Crippen molar-refractivity contribution >= 4 is 10.4 Å². The van der Waals surface area contributed by atoms with Gasteiger partial charge in [-0.15, -0.1) is 0 Å². The van der Waals surface area contributed by atoms with Crippen LogP contribution >= 0.6 is 0 Å². The Labute approximate surface area is 93.0 Å². The smallest absolute Gasteiger partial charge is 0.328 e. The minimum absolute atomic E-state index is 0.392. The average molecular weight is 241 g/mol. The lowest BCUT2D eigenvalue weighted by molar-refractivity contribution is 0.324. The van der Waals surface area contributed by atoms with E-state index in [1.54, 1.807) is 0 Å². The largest absolute Gasteiger partial charge is 0.397 e. The Morgan fingerprint density at radius 3 is 1.87 bits per heavy atom. The van der Waals surface area contributed by atoms with Gasteiger partial charge in [-0.3, -0.25) is 8.74 Å². The highest BCUT2D eigenvalue weighted by Crippen LogP contribution is 2.06. The molecule has 0 saturated heterocycles. The highest BCUT2D eigenvalue weighted by atomic mass is 32.3. The van der Waals surface area contributed by atoms with Crippen LogP contribution in [-0.4, -0.2) is 26.1 Å². The Balaban J connectivity index is 0. The maximum Gasteiger partial charge on any atom is 0.397 e.